The number of nitrogens with zero attached hydrogens (tertiary/aromatic N) is 1. The van der Waals surface area contributed by atoms with Crippen LogP contribution >= 0.6 is 0 Å². The third-order valence-corrected chi connectivity index (χ3v) is 1.43. The molecule has 0 fully saturated rings. The number of rotatable bonds is 5. The Balaban J connectivity index is -0.000000605. The number of carboxylic acids is 2. The molecule has 0 aliphatic carbocycles. The van der Waals surface area contributed by atoms with E-state index in [1.165, 1.54) is 0 Å². The molecule has 0 saturated carbocycles. The normalized spacial score (nSPS) is 9.14. The molecule has 5 nitrogen and oxygen atoms in total. The van der Waals surface area contributed by atoms with E-state index in [0.717, 1.165) is 0 Å². The van der Waals surface area contributed by atoms with Crippen LogP contribution in [0.4, 0.5) is 0 Å². The molecule has 0 aromatic carbocycles. The maximum Gasteiger partial charge on any atom is 1.00 e. The monoisotopic (exact) mass is 219 g/mol. The summed E-state index contributed by atoms with van der Waals surface area (Å²) < 4.78 is 0. The van der Waals surface area contributed by atoms with Crippen molar-refractivity contribution in [3.05, 3.63) is 0 Å². The first-order valence-corrected chi connectivity index (χ1v) is 3.51. The Bertz CT molecular complexity index is 173. The molecule has 0 rings (SSSR count). The summed E-state index contributed by atoms with van der Waals surface area (Å²) in [6.07, 6.45) is 0.0116. The first kappa shape index (κ1) is 20.3. The van der Waals surface area contributed by atoms with Gasteiger partial charge in [-0.2, -0.15) is 0 Å². The summed E-state index contributed by atoms with van der Waals surface area (Å²) in [4.78, 5) is 22.1. The van der Waals surface area contributed by atoms with Crippen molar-refractivity contribution in [2.75, 3.05) is 20.6 Å². The topological polar surface area (TPSA) is 83.5 Å². The third-order valence-electron chi connectivity index (χ3n) is 1.43. The van der Waals surface area contributed by atoms with Gasteiger partial charge < -0.3 is 24.7 Å². The summed E-state index contributed by atoms with van der Waals surface area (Å²) in [5.74, 6) is -4.68. The van der Waals surface area contributed by atoms with Gasteiger partial charge in [-0.1, -0.05) is 0 Å². The van der Waals surface area contributed by atoms with Crippen LogP contribution < -0.4 is 69.3 Å². The van der Waals surface area contributed by atoms with Gasteiger partial charge in [0.1, 0.15) is 0 Å². The summed E-state index contributed by atoms with van der Waals surface area (Å²) in [6.45, 7) is 0.382. The molecule has 0 spiro atoms. The molecule has 0 radical (unpaired) electrons. The molecular weight excluding hydrogens is 208 g/mol. The average molecular weight is 219 g/mol. The van der Waals surface area contributed by atoms with Crippen LogP contribution in [0.2, 0.25) is 0 Å². The van der Waals surface area contributed by atoms with Gasteiger partial charge >= 0.3 is 59.1 Å². The van der Waals surface area contributed by atoms with Gasteiger partial charge in [0.15, 0.2) is 0 Å². The van der Waals surface area contributed by atoms with Crippen molar-refractivity contribution in [2.24, 2.45) is 5.92 Å². The van der Waals surface area contributed by atoms with Crippen LogP contribution in [0.5, 0.6) is 0 Å². The van der Waals surface area contributed by atoms with Crippen LogP contribution in [0.1, 0.15) is 6.42 Å². The summed E-state index contributed by atoms with van der Waals surface area (Å²) in [7, 11) is 3.45. The molecule has 0 atom stereocenters. The quantitative estimate of drug-likeness (QED) is 0.338. The summed E-state index contributed by atoms with van der Waals surface area (Å²) in [6, 6.07) is 0. The Morgan fingerprint density at radius 1 is 1.14 bits per heavy atom. The van der Waals surface area contributed by atoms with Gasteiger partial charge in [-0.15, -0.1) is 0 Å². The van der Waals surface area contributed by atoms with Gasteiger partial charge in [0.05, 0.1) is 11.9 Å². The second kappa shape index (κ2) is 10.4. The van der Waals surface area contributed by atoms with Crippen molar-refractivity contribution in [1.29, 1.82) is 0 Å². The van der Waals surface area contributed by atoms with Crippen molar-refractivity contribution in [3.8, 4) is 0 Å². The smallest absolute Gasteiger partial charge is 0.549 e. The largest absolute Gasteiger partial charge is 1.00 e. The molecule has 7 heteroatoms. The first-order valence-electron chi connectivity index (χ1n) is 3.51. The Morgan fingerprint density at radius 3 is 1.71 bits per heavy atom. The Kier molecular flexibility index (Phi) is 15.1. The standard InChI is InChI=1S/C7H13NO4.2Na/c1-8(2)4-3-5(6(9)10)7(11)12;;/h5H,3-4H2,1-2H3,(H,9,10)(H,11,12);;/q;2*+1/p-2. The Labute approximate surface area is 127 Å². The molecule has 0 amide bonds. The second-order valence-corrected chi connectivity index (χ2v) is 2.78. The van der Waals surface area contributed by atoms with E-state index < -0.39 is 17.9 Å². The number of hydrogen-bond donors (Lipinski definition) is 0. The van der Waals surface area contributed by atoms with Crippen molar-refractivity contribution < 1.29 is 78.9 Å². The van der Waals surface area contributed by atoms with Gasteiger partial charge in [-0.25, -0.2) is 0 Å². The van der Waals surface area contributed by atoms with E-state index in [9.17, 15) is 19.8 Å². The van der Waals surface area contributed by atoms with Crippen molar-refractivity contribution in [2.45, 2.75) is 6.42 Å². The molecule has 0 bridgehead atoms. The minimum atomic E-state index is -1.59. The summed E-state index contributed by atoms with van der Waals surface area (Å²) in [5.41, 5.74) is 0. The van der Waals surface area contributed by atoms with Crippen LogP contribution in [-0.4, -0.2) is 37.5 Å². The van der Waals surface area contributed by atoms with Crippen molar-refractivity contribution >= 4 is 11.9 Å². The Morgan fingerprint density at radius 2 is 1.50 bits per heavy atom. The Hall–Kier alpha value is 0.900. The molecule has 0 saturated heterocycles. The minimum Gasteiger partial charge on any atom is -0.549 e. The van der Waals surface area contributed by atoms with Gasteiger partial charge in [-0.05, 0) is 27.1 Å². The van der Waals surface area contributed by atoms with Crippen molar-refractivity contribution in [3.63, 3.8) is 0 Å². The van der Waals surface area contributed by atoms with Crippen LogP contribution in [0.25, 0.3) is 0 Å². The molecule has 0 heterocycles. The van der Waals surface area contributed by atoms with E-state index in [1.54, 1.807) is 19.0 Å². The first-order chi connectivity index (χ1) is 5.45. The molecule has 14 heavy (non-hydrogen) atoms. The predicted molar refractivity (Wildman–Crippen MR) is 36.7 cm³/mol. The van der Waals surface area contributed by atoms with E-state index >= 15 is 0 Å². The molecule has 0 aliphatic rings. The number of aliphatic carboxylic acids is 2. The maximum absolute atomic E-state index is 10.2. The number of hydrogen-bond acceptors (Lipinski definition) is 5. The molecule has 0 unspecified atom stereocenters. The second-order valence-electron chi connectivity index (χ2n) is 2.78. The fraction of sp³-hybridized carbons (Fsp3) is 0.714. The molecule has 70 valence electrons. The maximum atomic E-state index is 10.2. The minimum absolute atomic E-state index is 0. The number of carbonyl (C=O) groups excluding carboxylic acids is 2. The van der Waals surface area contributed by atoms with Gasteiger partial charge in [0.2, 0.25) is 0 Å². The van der Waals surface area contributed by atoms with Gasteiger partial charge in [0.25, 0.3) is 0 Å². The van der Waals surface area contributed by atoms with Gasteiger partial charge in [0, 0.05) is 5.92 Å². The summed E-state index contributed by atoms with van der Waals surface area (Å²) >= 11 is 0. The van der Waals surface area contributed by atoms with E-state index in [4.69, 9.17) is 0 Å². The number of carbonyl (C=O) groups is 2. The van der Waals surface area contributed by atoms with Gasteiger partial charge in [-0.3, -0.25) is 0 Å². The zero-order valence-electron chi connectivity index (χ0n) is 9.07. The van der Waals surface area contributed by atoms with E-state index in [0.29, 0.717) is 6.54 Å². The molecule has 0 aromatic rings. The van der Waals surface area contributed by atoms with Crippen molar-refractivity contribution in [1.82, 2.24) is 4.90 Å². The van der Waals surface area contributed by atoms with E-state index in [-0.39, 0.29) is 65.5 Å². The van der Waals surface area contributed by atoms with E-state index in [1.807, 2.05) is 0 Å². The SMILES string of the molecule is CN(C)CCC(C(=O)[O-])C(=O)[O-].[Na+].[Na+]. The fourth-order valence-electron chi connectivity index (χ4n) is 0.719. The number of carboxylic acid groups (broad SMARTS) is 2. The zero-order valence-corrected chi connectivity index (χ0v) is 13.1. The molecule has 0 N–H and O–H groups in total. The molecular formula is C7H11NNa2O4. The zero-order chi connectivity index (χ0) is 9.72. The summed E-state index contributed by atoms with van der Waals surface area (Å²) in [5, 5.41) is 20.4. The molecule has 0 aliphatic heterocycles. The molecule has 0 aromatic heterocycles. The van der Waals surface area contributed by atoms with Crippen LogP contribution in [0.3, 0.4) is 0 Å². The van der Waals surface area contributed by atoms with E-state index in [2.05, 4.69) is 0 Å². The predicted octanol–water partition coefficient (Wildman–Crippen LogP) is -8.94. The van der Waals surface area contributed by atoms with Crippen LogP contribution in [0.15, 0.2) is 0 Å². The third kappa shape index (κ3) is 9.45. The van der Waals surface area contributed by atoms with Crippen LogP contribution in [-0.2, 0) is 9.59 Å². The average Bonchev–Trinajstić information content (AvgIpc) is 1.84. The fourth-order valence-corrected chi connectivity index (χ4v) is 0.719. The van der Waals surface area contributed by atoms with Crippen LogP contribution in [0, 0.1) is 5.92 Å².